The lowest BCUT2D eigenvalue weighted by Gasteiger charge is -2.06. The molecule has 0 bridgehead atoms. The third-order valence-corrected chi connectivity index (χ3v) is 4.29. The van der Waals surface area contributed by atoms with Crippen molar-refractivity contribution in [2.75, 3.05) is 13.7 Å². The molecule has 0 aliphatic rings. The molecule has 0 atom stereocenters. The number of methoxy groups -OCH3 is 1. The lowest BCUT2D eigenvalue weighted by Crippen LogP contribution is -2.24. The Labute approximate surface area is 168 Å². The number of aromatic nitrogens is 1. The number of hydrazone groups is 1. The van der Waals surface area contributed by atoms with E-state index in [1.807, 2.05) is 48.0 Å². The van der Waals surface area contributed by atoms with Crippen LogP contribution in [0.3, 0.4) is 0 Å². The number of aryl methyl sites for hydroxylation is 1. The quantitative estimate of drug-likeness (QED) is 0.484. The van der Waals surface area contributed by atoms with Gasteiger partial charge in [0.25, 0.3) is 5.91 Å². The van der Waals surface area contributed by atoms with Crippen molar-refractivity contribution in [3.8, 4) is 17.2 Å². The van der Waals surface area contributed by atoms with Crippen LogP contribution in [0.5, 0.6) is 11.5 Å². The lowest BCUT2D eigenvalue weighted by atomic mass is 10.3. The Morgan fingerprint density at radius 2 is 1.96 bits per heavy atom. The van der Waals surface area contributed by atoms with Crippen LogP contribution >= 0.6 is 11.6 Å². The fraction of sp³-hybridized carbons (Fsp3) is 0.143. The summed E-state index contributed by atoms with van der Waals surface area (Å²) in [4.78, 5) is 11.9. The van der Waals surface area contributed by atoms with Crippen molar-refractivity contribution in [2.24, 2.45) is 5.10 Å². The van der Waals surface area contributed by atoms with Crippen LogP contribution in [0.1, 0.15) is 11.3 Å². The van der Waals surface area contributed by atoms with E-state index in [4.69, 9.17) is 21.1 Å². The van der Waals surface area contributed by atoms with Gasteiger partial charge < -0.3 is 14.0 Å². The van der Waals surface area contributed by atoms with Crippen LogP contribution in [0.4, 0.5) is 0 Å². The van der Waals surface area contributed by atoms with Gasteiger partial charge in [-0.2, -0.15) is 5.10 Å². The molecule has 0 spiro atoms. The van der Waals surface area contributed by atoms with Gasteiger partial charge in [0.05, 0.1) is 18.3 Å². The van der Waals surface area contributed by atoms with Gasteiger partial charge in [-0.25, -0.2) is 5.43 Å². The van der Waals surface area contributed by atoms with E-state index in [0.29, 0.717) is 10.8 Å². The third kappa shape index (κ3) is 4.92. The summed E-state index contributed by atoms with van der Waals surface area (Å²) in [6, 6.07) is 16.7. The predicted octanol–water partition coefficient (Wildman–Crippen LogP) is 3.98. The number of amides is 1. The molecule has 1 amide bonds. The smallest absolute Gasteiger partial charge is 0.277 e. The molecule has 1 N–H and O–H groups in total. The second-order valence-electron chi connectivity index (χ2n) is 6.00. The minimum absolute atomic E-state index is 0.174. The molecule has 3 rings (SSSR count). The number of nitrogens with zero attached hydrogens (tertiary/aromatic N) is 2. The molecule has 0 saturated carbocycles. The van der Waals surface area contributed by atoms with Gasteiger partial charge in [0.15, 0.2) is 6.61 Å². The number of para-hydroxylation sites is 1. The zero-order valence-corrected chi connectivity index (χ0v) is 16.3. The third-order valence-electron chi connectivity index (χ3n) is 3.98. The van der Waals surface area contributed by atoms with Crippen molar-refractivity contribution in [3.63, 3.8) is 0 Å². The number of hydrogen-bond acceptors (Lipinski definition) is 4. The van der Waals surface area contributed by atoms with Gasteiger partial charge in [0, 0.05) is 23.1 Å². The Hall–Kier alpha value is -3.25. The van der Waals surface area contributed by atoms with Crippen LogP contribution in [-0.4, -0.2) is 30.4 Å². The van der Waals surface area contributed by atoms with E-state index in [-0.39, 0.29) is 12.5 Å². The topological polar surface area (TPSA) is 64.8 Å². The molecule has 0 fully saturated rings. The summed E-state index contributed by atoms with van der Waals surface area (Å²) in [5, 5.41) is 4.43. The van der Waals surface area contributed by atoms with Crippen LogP contribution in [0.2, 0.25) is 5.02 Å². The van der Waals surface area contributed by atoms with Gasteiger partial charge >= 0.3 is 0 Å². The first-order valence-corrected chi connectivity index (χ1v) is 8.97. The van der Waals surface area contributed by atoms with Crippen molar-refractivity contribution in [1.29, 1.82) is 0 Å². The van der Waals surface area contributed by atoms with Crippen LogP contribution in [0.25, 0.3) is 5.69 Å². The molecule has 6 nitrogen and oxygen atoms in total. The molecular weight excluding hydrogens is 378 g/mol. The largest absolute Gasteiger partial charge is 0.497 e. The molecule has 1 heterocycles. The molecular formula is C21H20ClN3O3. The zero-order chi connectivity index (χ0) is 19.9. The van der Waals surface area contributed by atoms with Crippen molar-refractivity contribution in [1.82, 2.24) is 9.99 Å². The molecule has 144 valence electrons. The standard InChI is InChI=1S/C21H20ClN3O3/c1-15-11-16(13-25(15)17-7-9-18(27-2)10-8-17)12-23-24-21(26)14-28-20-6-4-3-5-19(20)22/h3-13H,14H2,1-2H3,(H,24,26)/b23-12+. The minimum atomic E-state index is -0.373. The molecule has 28 heavy (non-hydrogen) atoms. The van der Waals surface area contributed by atoms with Crippen LogP contribution in [0.15, 0.2) is 65.9 Å². The molecule has 0 radical (unpaired) electrons. The van der Waals surface area contributed by atoms with Crippen LogP contribution in [-0.2, 0) is 4.79 Å². The highest BCUT2D eigenvalue weighted by atomic mass is 35.5. The van der Waals surface area contributed by atoms with Gasteiger partial charge in [-0.1, -0.05) is 23.7 Å². The predicted molar refractivity (Wildman–Crippen MR) is 110 cm³/mol. The first-order chi connectivity index (χ1) is 13.6. The van der Waals surface area contributed by atoms with Gasteiger partial charge in [-0.05, 0) is 49.4 Å². The summed E-state index contributed by atoms with van der Waals surface area (Å²) in [6.45, 7) is 1.82. The monoisotopic (exact) mass is 397 g/mol. The molecule has 0 aliphatic carbocycles. The molecule has 7 heteroatoms. The van der Waals surface area contributed by atoms with Gasteiger partial charge in [-0.15, -0.1) is 0 Å². The number of carbonyl (C=O) groups is 1. The summed E-state index contributed by atoms with van der Waals surface area (Å²) in [7, 11) is 1.64. The highest BCUT2D eigenvalue weighted by Crippen LogP contribution is 2.22. The Kier molecular flexibility index (Phi) is 6.34. The summed E-state index contributed by atoms with van der Waals surface area (Å²) in [5.41, 5.74) is 5.35. The highest BCUT2D eigenvalue weighted by Gasteiger charge is 2.06. The molecule has 0 aliphatic heterocycles. The summed E-state index contributed by atoms with van der Waals surface area (Å²) in [6.07, 6.45) is 3.52. The fourth-order valence-corrected chi connectivity index (χ4v) is 2.80. The molecule has 2 aromatic carbocycles. The number of carbonyl (C=O) groups excluding carboxylic acids is 1. The number of nitrogens with one attached hydrogen (secondary N) is 1. The normalized spacial score (nSPS) is 10.8. The Morgan fingerprint density at radius 1 is 1.21 bits per heavy atom. The fourth-order valence-electron chi connectivity index (χ4n) is 2.61. The highest BCUT2D eigenvalue weighted by molar-refractivity contribution is 6.32. The maximum Gasteiger partial charge on any atom is 0.277 e. The lowest BCUT2D eigenvalue weighted by molar-refractivity contribution is -0.123. The number of ether oxygens (including phenoxy) is 2. The molecule has 1 aromatic heterocycles. The van der Waals surface area contributed by atoms with Gasteiger partial charge in [-0.3, -0.25) is 4.79 Å². The molecule has 0 unspecified atom stereocenters. The average molecular weight is 398 g/mol. The molecule has 3 aromatic rings. The molecule has 0 saturated heterocycles. The van der Waals surface area contributed by atoms with Crippen LogP contribution in [0, 0.1) is 6.92 Å². The summed E-state index contributed by atoms with van der Waals surface area (Å²) >= 11 is 5.98. The van der Waals surface area contributed by atoms with Gasteiger partial charge in [0.2, 0.25) is 0 Å². The second-order valence-corrected chi connectivity index (χ2v) is 6.40. The van der Waals surface area contributed by atoms with Gasteiger partial charge in [0.1, 0.15) is 11.5 Å². The summed E-state index contributed by atoms with van der Waals surface area (Å²) < 4.78 is 12.6. The van der Waals surface area contributed by atoms with E-state index >= 15 is 0 Å². The Balaban J connectivity index is 1.57. The van der Waals surface area contributed by atoms with E-state index in [9.17, 15) is 4.79 Å². The van der Waals surface area contributed by atoms with Crippen molar-refractivity contribution in [2.45, 2.75) is 6.92 Å². The van der Waals surface area contributed by atoms with E-state index in [1.165, 1.54) is 0 Å². The SMILES string of the molecule is COc1ccc(-n2cc(/C=N/NC(=O)COc3ccccc3Cl)cc2C)cc1. The maximum absolute atomic E-state index is 11.9. The van der Waals surface area contributed by atoms with Crippen molar-refractivity contribution < 1.29 is 14.3 Å². The van der Waals surface area contributed by atoms with Crippen LogP contribution < -0.4 is 14.9 Å². The number of hydrogen-bond donors (Lipinski definition) is 1. The number of benzene rings is 2. The van der Waals surface area contributed by atoms with Crippen molar-refractivity contribution >= 4 is 23.7 Å². The second kappa shape index (κ2) is 9.10. The zero-order valence-electron chi connectivity index (χ0n) is 15.6. The number of rotatable bonds is 7. The number of halogens is 1. The van der Waals surface area contributed by atoms with E-state index in [0.717, 1.165) is 22.7 Å². The van der Waals surface area contributed by atoms with E-state index in [1.54, 1.807) is 37.6 Å². The minimum Gasteiger partial charge on any atom is -0.497 e. The average Bonchev–Trinajstić information content (AvgIpc) is 3.08. The first kappa shape index (κ1) is 19.5. The summed E-state index contributed by atoms with van der Waals surface area (Å²) in [5.74, 6) is 0.884. The van der Waals surface area contributed by atoms with E-state index < -0.39 is 0 Å². The first-order valence-electron chi connectivity index (χ1n) is 8.59. The van der Waals surface area contributed by atoms with Crippen molar-refractivity contribution in [3.05, 3.63) is 77.1 Å². The Bertz CT molecular complexity index is 981. The Morgan fingerprint density at radius 3 is 2.68 bits per heavy atom. The van der Waals surface area contributed by atoms with E-state index in [2.05, 4.69) is 10.5 Å². The maximum atomic E-state index is 11.9.